The van der Waals surface area contributed by atoms with E-state index in [4.69, 9.17) is 5.73 Å². The largest absolute Gasteiger partial charge is 0.505 e. The molecule has 3 aromatic carbocycles. The molecule has 0 saturated heterocycles. The van der Waals surface area contributed by atoms with Crippen molar-refractivity contribution in [3.8, 4) is 5.75 Å². The molecule has 0 heterocycles. The lowest BCUT2D eigenvalue weighted by atomic mass is 10.1. The molecule has 3 aromatic rings. The highest BCUT2D eigenvalue weighted by Gasteiger charge is 2.25. The van der Waals surface area contributed by atoms with Gasteiger partial charge in [-0.05, 0) is 35.7 Å². The Bertz CT molecular complexity index is 1610. The first-order valence-corrected chi connectivity index (χ1v) is 12.4. The summed E-state index contributed by atoms with van der Waals surface area (Å²) < 4.78 is 97.4. The zero-order valence-corrected chi connectivity index (χ0v) is 17.8. The van der Waals surface area contributed by atoms with Gasteiger partial charge in [-0.25, -0.2) is 0 Å². The molecule has 0 spiro atoms. The van der Waals surface area contributed by atoms with Crippen LogP contribution in [0.3, 0.4) is 0 Å². The van der Waals surface area contributed by atoms with E-state index < -0.39 is 73.2 Å². The van der Waals surface area contributed by atoms with Gasteiger partial charge in [0.1, 0.15) is 21.2 Å². The molecular weight excluding hydrogens is 490 g/mol. The van der Waals surface area contributed by atoms with Crippen LogP contribution in [0.1, 0.15) is 0 Å². The first-order valence-electron chi connectivity index (χ1n) is 8.09. The van der Waals surface area contributed by atoms with Crippen molar-refractivity contribution >= 4 is 58.2 Å². The van der Waals surface area contributed by atoms with E-state index in [0.717, 1.165) is 18.2 Å². The highest BCUT2D eigenvalue weighted by molar-refractivity contribution is 7.86. The molecule has 13 nitrogen and oxygen atoms in total. The molecular formula is C16H12N3O10S3. The minimum atomic E-state index is -5.11. The average molecular weight is 502 g/mol. The highest BCUT2D eigenvalue weighted by Crippen LogP contribution is 2.44. The number of hydrogen-bond donors (Lipinski definition) is 4. The van der Waals surface area contributed by atoms with E-state index in [9.17, 15) is 44.0 Å². The van der Waals surface area contributed by atoms with Gasteiger partial charge in [-0.1, -0.05) is 12.1 Å². The Balaban J connectivity index is 2.37. The van der Waals surface area contributed by atoms with E-state index in [2.05, 4.69) is 10.2 Å². The van der Waals surface area contributed by atoms with Gasteiger partial charge in [0, 0.05) is 0 Å². The summed E-state index contributed by atoms with van der Waals surface area (Å²) in [5.41, 5.74) is 5.95. The predicted molar refractivity (Wildman–Crippen MR) is 108 cm³/mol. The third-order valence-electron chi connectivity index (χ3n) is 4.10. The molecule has 0 saturated carbocycles. The summed E-state index contributed by atoms with van der Waals surface area (Å²) in [5.74, 6) is -1.00. The van der Waals surface area contributed by atoms with Crippen LogP contribution in [0.2, 0.25) is 0 Å². The molecule has 3 rings (SSSR count). The van der Waals surface area contributed by atoms with Crippen LogP contribution in [-0.2, 0) is 30.4 Å². The second-order valence-corrected chi connectivity index (χ2v) is 10.4. The van der Waals surface area contributed by atoms with Gasteiger partial charge >= 0.3 is 0 Å². The Morgan fingerprint density at radius 2 is 1.34 bits per heavy atom. The molecule has 1 radical (unpaired) electrons. The minimum absolute atomic E-state index is 0.354. The van der Waals surface area contributed by atoms with Crippen LogP contribution in [0.15, 0.2) is 67.4 Å². The molecule has 169 valence electrons. The number of rotatable bonds is 5. The molecule has 0 amide bonds. The van der Waals surface area contributed by atoms with Crippen LogP contribution in [0.25, 0.3) is 10.8 Å². The van der Waals surface area contributed by atoms with Crippen LogP contribution in [0.5, 0.6) is 5.75 Å². The normalized spacial score (nSPS) is 13.1. The second-order valence-electron chi connectivity index (χ2n) is 6.23. The van der Waals surface area contributed by atoms with Crippen LogP contribution in [0.4, 0.5) is 17.1 Å². The summed E-state index contributed by atoms with van der Waals surface area (Å²) in [7, 11) is -14.6. The third kappa shape index (κ3) is 4.54. The average Bonchev–Trinajstić information content (AvgIpc) is 2.64. The summed E-state index contributed by atoms with van der Waals surface area (Å²) in [6.45, 7) is 0. The number of nitrogens with one attached hydrogen (secondary N) is 1. The Morgan fingerprint density at radius 3 is 1.91 bits per heavy atom. The fourth-order valence-electron chi connectivity index (χ4n) is 2.76. The quantitative estimate of drug-likeness (QED) is 0.294. The third-order valence-corrected chi connectivity index (χ3v) is 6.70. The Labute approximate surface area is 181 Å². The summed E-state index contributed by atoms with van der Waals surface area (Å²) in [5, 5.41) is 16.8. The minimum Gasteiger partial charge on any atom is -0.505 e. The van der Waals surface area contributed by atoms with Crippen molar-refractivity contribution in [3.63, 3.8) is 0 Å². The van der Waals surface area contributed by atoms with Crippen molar-refractivity contribution in [2.24, 2.45) is 10.2 Å². The number of benzene rings is 3. The van der Waals surface area contributed by atoms with Crippen molar-refractivity contribution in [2.75, 3.05) is 0 Å². The predicted octanol–water partition coefficient (Wildman–Crippen LogP) is 2.62. The fraction of sp³-hybridized carbons (Fsp3) is 0. The SMILES string of the molecule is [NH]c1cc(S(=O)(=O)O)cc2cc(S(=O)(=O)O)c(/N=N/c3ccccc3S(=O)(=O)O)c(O)c12. The zero-order valence-electron chi connectivity index (χ0n) is 15.4. The number of fused-ring (bicyclic) bond motifs is 1. The van der Waals surface area contributed by atoms with Crippen LogP contribution in [-0.4, -0.2) is 44.0 Å². The van der Waals surface area contributed by atoms with E-state index in [0.29, 0.717) is 12.1 Å². The highest BCUT2D eigenvalue weighted by atomic mass is 32.2. The summed E-state index contributed by atoms with van der Waals surface area (Å²) in [6, 6.07) is 6.79. The zero-order chi connectivity index (χ0) is 24.1. The molecule has 0 aliphatic carbocycles. The maximum absolute atomic E-state index is 11.8. The van der Waals surface area contributed by atoms with Gasteiger partial charge in [-0.2, -0.15) is 25.3 Å². The Morgan fingerprint density at radius 1 is 0.750 bits per heavy atom. The van der Waals surface area contributed by atoms with Gasteiger partial charge in [-0.15, -0.1) is 10.2 Å². The first kappa shape index (κ1) is 23.5. The molecule has 16 heteroatoms. The van der Waals surface area contributed by atoms with E-state index >= 15 is 0 Å². The lowest BCUT2D eigenvalue weighted by Gasteiger charge is -2.11. The summed E-state index contributed by atoms with van der Waals surface area (Å²) >= 11 is 0. The van der Waals surface area contributed by atoms with E-state index in [1.165, 1.54) is 12.1 Å². The van der Waals surface area contributed by atoms with Gasteiger partial charge in [-0.3, -0.25) is 13.7 Å². The second kappa shape index (κ2) is 7.76. The number of phenolic OH excluding ortho intramolecular Hbond substituents is 1. The summed E-state index contributed by atoms with van der Waals surface area (Å²) in [4.78, 5) is -2.51. The standard InChI is InChI=1S/C16H12N3O10S3/c17-10-7-9(30(21,22)23)5-8-6-13(32(27,28)29)15(16(20)14(8)10)19-18-11-3-1-2-4-12(11)31(24,25)26/h1-7,17,20H,(H,21,22,23)(H,24,25,26)(H,27,28,29)/b19-18+. The van der Waals surface area contributed by atoms with Gasteiger partial charge in [0.25, 0.3) is 30.4 Å². The molecule has 5 N–H and O–H groups in total. The lowest BCUT2D eigenvalue weighted by molar-refractivity contribution is 0.472. The van der Waals surface area contributed by atoms with Crippen LogP contribution >= 0.6 is 0 Å². The molecule has 0 aromatic heterocycles. The van der Waals surface area contributed by atoms with Crippen molar-refractivity contribution in [2.45, 2.75) is 14.7 Å². The van der Waals surface area contributed by atoms with Gasteiger partial charge in [0.15, 0.2) is 5.75 Å². The topological polar surface area (TPSA) is 232 Å². The van der Waals surface area contributed by atoms with Gasteiger partial charge in [0.05, 0.1) is 16.0 Å². The van der Waals surface area contributed by atoms with Crippen molar-refractivity contribution < 1.29 is 44.0 Å². The van der Waals surface area contributed by atoms with Crippen LogP contribution in [0, 0.1) is 0 Å². The Kier molecular flexibility index (Phi) is 5.71. The molecule has 0 unspecified atom stereocenters. The number of nitrogens with zero attached hydrogens (tertiary/aromatic N) is 2. The van der Waals surface area contributed by atoms with Crippen LogP contribution < -0.4 is 5.73 Å². The van der Waals surface area contributed by atoms with Crippen molar-refractivity contribution in [3.05, 3.63) is 42.5 Å². The number of azo groups is 1. The van der Waals surface area contributed by atoms with Crippen molar-refractivity contribution in [1.29, 1.82) is 0 Å². The maximum Gasteiger partial charge on any atom is 0.296 e. The molecule has 0 aliphatic heterocycles. The monoisotopic (exact) mass is 502 g/mol. The molecule has 0 bridgehead atoms. The van der Waals surface area contributed by atoms with E-state index in [-0.39, 0.29) is 5.39 Å². The number of phenols is 1. The lowest BCUT2D eigenvalue weighted by Crippen LogP contribution is -2.01. The molecule has 0 fully saturated rings. The number of aromatic hydroxyl groups is 1. The van der Waals surface area contributed by atoms with Gasteiger partial charge in [0.2, 0.25) is 0 Å². The van der Waals surface area contributed by atoms with E-state index in [1.54, 1.807) is 0 Å². The molecule has 0 atom stereocenters. The maximum atomic E-state index is 11.8. The van der Waals surface area contributed by atoms with E-state index in [1.807, 2.05) is 0 Å². The summed E-state index contributed by atoms with van der Waals surface area (Å²) in [6.07, 6.45) is 0. The first-order chi connectivity index (χ1) is 14.6. The molecule has 32 heavy (non-hydrogen) atoms. The fourth-order valence-corrected chi connectivity index (χ4v) is 4.59. The molecule has 0 aliphatic rings. The smallest absolute Gasteiger partial charge is 0.296 e. The Hall–Kier alpha value is -3.15. The number of hydrogen-bond acceptors (Lipinski definition) is 9. The van der Waals surface area contributed by atoms with Gasteiger partial charge < -0.3 is 10.8 Å². The van der Waals surface area contributed by atoms with Crippen molar-refractivity contribution in [1.82, 2.24) is 5.73 Å².